The molecule has 1 aliphatic rings. The second kappa shape index (κ2) is 5.38. The first kappa shape index (κ1) is 12.2. The molecule has 1 aliphatic heterocycles. The van der Waals surface area contributed by atoms with Crippen molar-refractivity contribution in [3.63, 3.8) is 0 Å². The number of nitrogen functional groups attached to an aromatic ring is 1. The SMILES string of the molecule is Nc1ccc(Cl)cc1C(=O)NC1CCCOC1. The molecule has 92 valence electrons. The maximum absolute atomic E-state index is 12.0. The number of hydrogen-bond donors (Lipinski definition) is 2. The predicted molar refractivity (Wildman–Crippen MR) is 67.2 cm³/mol. The lowest BCUT2D eigenvalue weighted by Gasteiger charge is -2.23. The van der Waals surface area contributed by atoms with Crippen LogP contribution < -0.4 is 11.1 Å². The molecule has 1 saturated heterocycles. The molecule has 1 aromatic rings. The molecule has 0 spiro atoms. The van der Waals surface area contributed by atoms with Crippen LogP contribution in [-0.4, -0.2) is 25.2 Å². The van der Waals surface area contributed by atoms with Gasteiger partial charge in [-0.2, -0.15) is 0 Å². The quantitative estimate of drug-likeness (QED) is 0.792. The number of nitrogens with one attached hydrogen (secondary N) is 1. The van der Waals surface area contributed by atoms with Crippen molar-refractivity contribution < 1.29 is 9.53 Å². The van der Waals surface area contributed by atoms with E-state index in [9.17, 15) is 4.79 Å². The van der Waals surface area contributed by atoms with Crippen LogP contribution in [0.15, 0.2) is 18.2 Å². The molecule has 1 unspecified atom stereocenters. The van der Waals surface area contributed by atoms with Crippen molar-refractivity contribution in [2.24, 2.45) is 0 Å². The number of benzene rings is 1. The normalized spacial score (nSPS) is 19.9. The molecule has 4 nitrogen and oxygen atoms in total. The molecule has 1 atom stereocenters. The maximum atomic E-state index is 12.0. The maximum Gasteiger partial charge on any atom is 0.253 e. The summed E-state index contributed by atoms with van der Waals surface area (Å²) in [5, 5.41) is 3.40. The van der Waals surface area contributed by atoms with Gasteiger partial charge in [-0.05, 0) is 31.0 Å². The smallest absolute Gasteiger partial charge is 0.253 e. The molecule has 0 aromatic heterocycles. The van der Waals surface area contributed by atoms with Gasteiger partial charge in [-0.3, -0.25) is 4.79 Å². The van der Waals surface area contributed by atoms with Crippen LogP contribution in [0, 0.1) is 0 Å². The number of ether oxygens (including phenoxy) is 1. The monoisotopic (exact) mass is 254 g/mol. The number of carbonyl (C=O) groups is 1. The van der Waals surface area contributed by atoms with Gasteiger partial charge in [0.05, 0.1) is 18.2 Å². The van der Waals surface area contributed by atoms with Gasteiger partial charge >= 0.3 is 0 Å². The lowest BCUT2D eigenvalue weighted by molar-refractivity contribution is 0.0624. The second-order valence-corrected chi connectivity index (χ2v) is 4.56. The fourth-order valence-electron chi connectivity index (χ4n) is 1.84. The van der Waals surface area contributed by atoms with Crippen LogP contribution in [0.1, 0.15) is 23.2 Å². The van der Waals surface area contributed by atoms with E-state index in [4.69, 9.17) is 22.1 Å². The molecule has 1 heterocycles. The first-order chi connectivity index (χ1) is 8.16. The molecule has 5 heteroatoms. The van der Waals surface area contributed by atoms with Crippen molar-refractivity contribution in [2.75, 3.05) is 18.9 Å². The topological polar surface area (TPSA) is 64.4 Å². The summed E-state index contributed by atoms with van der Waals surface area (Å²) in [6.45, 7) is 1.33. The van der Waals surface area contributed by atoms with Crippen molar-refractivity contribution in [2.45, 2.75) is 18.9 Å². The highest BCUT2D eigenvalue weighted by atomic mass is 35.5. The van der Waals surface area contributed by atoms with Crippen molar-refractivity contribution in [1.29, 1.82) is 0 Å². The molecule has 1 fully saturated rings. The van der Waals surface area contributed by atoms with Crippen molar-refractivity contribution in [1.82, 2.24) is 5.32 Å². The number of carbonyl (C=O) groups excluding carboxylic acids is 1. The summed E-state index contributed by atoms with van der Waals surface area (Å²) in [5.74, 6) is -0.194. The molecule has 0 saturated carbocycles. The Morgan fingerprint density at radius 2 is 2.35 bits per heavy atom. The van der Waals surface area contributed by atoms with Crippen LogP contribution >= 0.6 is 11.6 Å². The fourth-order valence-corrected chi connectivity index (χ4v) is 2.01. The van der Waals surface area contributed by atoms with E-state index in [1.165, 1.54) is 0 Å². The van der Waals surface area contributed by atoms with E-state index in [2.05, 4.69) is 5.32 Å². The summed E-state index contributed by atoms with van der Waals surface area (Å²) >= 11 is 5.84. The number of nitrogens with two attached hydrogens (primary N) is 1. The van der Waals surface area contributed by atoms with Gasteiger partial charge in [0.15, 0.2) is 0 Å². The van der Waals surface area contributed by atoms with Gasteiger partial charge in [0, 0.05) is 17.3 Å². The van der Waals surface area contributed by atoms with E-state index in [0.717, 1.165) is 19.4 Å². The highest BCUT2D eigenvalue weighted by Crippen LogP contribution is 2.18. The number of amides is 1. The van der Waals surface area contributed by atoms with Gasteiger partial charge in [-0.25, -0.2) is 0 Å². The molecular formula is C12H15ClN2O2. The van der Waals surface area contributed by atoms with Crippen LogP contribution in [-0.2, 0) is 4.74 Å². The van der Waals surface area contributed by atoms with Crippen LogP contribution in [0.4, 0.5) is 5.69 Å². The third kappa shape index (κ3) is 3.11. The van der Waals surface area contributed by atoms with Crippen molar-refractivity contribution >= 4 is 23.2 Å². The van der Waals surface area contributed by atoms with Gasteiger partial charge in [-0.15, -0.1) is 0 Å². The van der Waals surface area contributed by atoms with E-state index in [0.29, 0.717) is 22.9 Å². The summed E-state index contributed by atoms with van der Waals surface area (Å²) in [6.07, 6.45) is 1.90. The van der Waals surface area contributed by atoms with Crippen LogP contribution in [0.25, 0.3) is 0 Å². The standard InChI is InChI=1S/C12H15ClN2O2/c13-8-3-4-11(14)10(6-8)12(16)15-9-2-1-5-17-7-9/h3-4,6,9H,1-2,5,7,14H2,(H,15,16). The molecule has 2 rings (SSSR count). The summed E-state index contributed by atoms with van der Waals surface area (Å²) in [6, 6.07) is 4.94. The van der Waals surface area contributed by atoms with E-state index >= 15 is 0 Å². The van der Waals surface area contributed by atoms with Crippen molar-refractivity contribution in [3.05, 3.63) is 28.8 Å². The molecule has 0 radical (unpaired) electrons. The lowest BCUT2D eigenvalue weighted by atomic mass is 10.1. The number of hydrogen-bond acceptors (Lipinski definition) is 3. The predicted octanol–water partition coefficient (Wildman–Crippen LogP) is 1.83. The van der Waals surface area contributed by atoms with Gasteiger partial charge in [-0.1, -0.05) is 11.6 Å². The zero-order valence-corrected chi connectivity index (χ0v) is 10.2. The van der Waals surface area contributed by atoms with Crippen LogP contribution in [0.2, 0.25) is 5.02 Å². The molecule has 1 amide bonds. The molecule has 17 heavy (non-hydrogen) atoms. The second-order valence-electron chi connectivity index (χ2n) is 4.12. The third-order valence-electron chi connectivity index (χ3n) is 2.76. The van der Waals surface area contributed by atoms with Crippen LogP contribution in [0.5, 0.6) is 0 Å². The molecule has 3 N–H and O–H groups in total. The third-order valence-corrected chi connectivity index (χ3v) is 2.99. The van der Waals surface area contributed by atoms with Crippen LogP contribution in [0.3, 0.4) is 0 Å². The highest BCUT2D eigenvalue weighted by molar-refractivity contribution is 6.31. The number of anilines is 1. The Kier molecular flexibility index (Phi) is 3.86. The zero-order chi connectivity index (χ0) is 12.3. The number of rotatable bonds is 2. The first-order valence-electron chi connectivity index (χ1n) is 5.60. The minimum atomic E-state index is -0.194. The highest BCUT2D eigenvalue weighted by Gasteiger charge is 2.18. The van der Waals surface area contributed by atoms with Gasteiger partial charge in [0.2, 0.25) is 0 Å². The molecular weight excluding hydrogens is 240 g/mol. The Balaban J connectivity index is 2.05. The van der Waals surface area contributed by atoms with Gasteiger partial charge in [0.1, 0.15) is 0 Å². The fraction of sp³-hybridized carbons (Fsp3) is 0.417. The average molecular weight is 255 g/mol. The largest absolute Gasteiger partial charge is 0.398 e. The average Bonchev–Trinajstić information content (AvgIpc) is 2.33. The van der Waals surface area contributed by atoms with E-state index in [-0.39, 0.29) is 11.9 Å². The van der Waals surface area contributed by atoms with Gasteiger partial charge in [0.25, 0.3) is 5.91 Å². The summed E-state index contributed by atoms with van der Waals surface area (Å²) in [5.41, 5.74) is 6.60. The molecule has 0 aliphatic carbocycles. The zero-order valence-electron chi connectivity index (χ0n) is 9.41. The van der Waals surface area contributed by atoms with E-state index < -0.39 is 0 Å². The van der Waals surface area contributed by atoms with E-state index in [1.807, 2.05) is 0 Å². The summed E-state index contributed by atoms with van der Waals surface area (Å²) < 4.78 is 5.30. The molecule has 1 aromatic carbocycles. The Morgan fingerprint density at radius 1 is 1.53 bits per heavy atom. The Morgan fingerprint density at radius 3 is 3.06 bits per heavy atom. The Hall–Kier alpha value is -1.26. The van der Waals surface area contributed by atoms with E-state index in [1.54, 1.807) is 18.2 Å². The first-order valence-corrected chi connectivity index (χ1v) is 5.98. The number of halogens is 1. The van der Waals surface area contributed by atoms with Crippen molar-refractivity contribution in [3.8, 4) is 0 Å². The molecule has 0 bridgehead atoms. The minimum Gasteiger partial charge on any atom is -0.398 e. The summed E-state index contributed by atoms with van der Waals surface area (Å²) in [7, 11) is 0. The minimum absolute atomic E-state index is 0.0645. The Labute approximate surface area is 105 Å². The lowest BCUT2D eigenvalue weighted by Crippen LogP contribution is -2.40. The Bertz CT molecular complexity index is 417. The summed E-state index contributed by atoms with van der Waals surface area (Å²) in [4.78, 5) is 12.0. The van der Waals surface area contributed by atoms with Gasteiger partial charge < -0.3 is 15.8 Å².